The topological polar surface area (TPSA) is 26.0 Å². The van der Waals surface area contributed by atoms with Gasteiger partial charge in [0.1, 0.15) is 0 Å². The minimum Gasteiger partial charge on any atom is -0.326 e. The van der Waals surface area contributed by atoms with E-state index >= 15 is 0 Å². The van der Waals surface area contributed by atoms with Gasteiger partial charge in [0.05, 0.1) is 0 Å². The zero-order valence-electron chi connectivity index (χ0n) is 14.4. The predicted octanol–water partition coefficient (Wildman–Crippen LogP) is 5.24. The van der Waals surface area contributed by atoms with Gasteiger partial charge >= 0.3 is 0 Å². The van der Waals surface area contributed by atoms with Crippen molar-refractivity contribution in [1.29, 1.82) is 0 Å². The fraction of sp³-hybridized carbons (Fsp3) is 1.00. The first-order valence-electron chi connectivity index (χ1n) is 7.59. The number of rotatable bonds is 7. The Morgan fingerprint density at radius 1 is 0.944 bits per heavy atom. The maximum Gasteiger partial charge on any atom is 0.0102 e. The Hall–Kier alpha value is -0.0400. The van der Waals surface area contributed by atoms with Crippen molar-refractivity contribution in [2.75, 3.05) is 0 Å². The Morgan fingerprint density at radius 3 is 1.72 bits per heavy atom. The molecule has 0 saturated heterocycles. The van der Waals surface area contributed by atoms with E-state index < -0.39 is 0 Å². The molecule has 0 radical (unpaired) electrons. The van der Waals surface area contributed by atoms with E-state index in [4.69, 9.17) is 5.73 Å². The summed E-state index contributed by atoms with van der Waals surface area (Å²) in [4.78, 5) is 0. The van der Waals surface area contributed by atoms with Crippen LogP contribution in [0.25, 0.3) is 0 Å². The second-order valence-corrected chi connectivity index (χ2v) is 8.64. The van der Waals surface area contributed by atoms with Crippen LogP contribution in [0.1, 0.15) is 81.6 Å². The van der Waals surface area contributed by atoms with E-state index in [9.17, 15) is 0 Å². The second kappa shape index (κ2) is 5.94. The molecule has 2 atom stereocenters. The SMILES string of the molecule is CCC(C)(C)CC(C)C(C)C(C)(C)CC(C)(C)N. The zero-order chi connectivity index (χ0) is 14.8. The summed E-state index contributed by atoms with van der Waals surface area (Å²) in [6.07, 6.45) is 3.64. The highest BCUT2D eigenvalue weighted by Crippen LogP contribution is 2.42. The summed E-state index contributed by atoms with van der Waals surface area (Å²) < 4.78 is 0. The third kappa shape index (κ3) is 6.22. The first-order chi connectivity index (χ1) is 7.81. The Morgan fingerprint density at radius 2 is 1.39 bits per heavy atom. The Kier molecular flexibility index (Phi) is 5.93. The summed E-state index contributed by atoms with van der Waals surface area (Å²) in [5.74, 6) is 1.45. The van der Waals surface area contributed by atoms with Gasteiger partial charge in [0.25, 0.3) is 0 Å². The molecule has 2 unspecified atom stereocenters. The van der Waals surface area contributed by atoms with Crippen LogP contribution in [0.15, 0.2) is 0 Å². The molecule has 0 saturated carbocycles. The summed E-state index contributed by atoms with van der Waals surface area (Å²) >= 11 is 0. The minimum atomic E-state index is -0.0717. The summed E-state index contributed by atoms with van der Waals surface area (Å²) in [7, 11) is 0. The largest absolute Gasteiger partial charge is 0.326 e. The molecule has 2 N–H and O–H groups in total. The van der Waals surface area contributed by atoms with Gasteiger partial charge in [0, 0.05) is 5.54 Å². The summed E-state index contributed by atoms with van der Waals surface area (Å²) in [6, 6.07) is 0. The van der Waals surface area contributed by atoms with Crippen molar-refractivity contribution in [3.8, 4) is 0 Å². The first kappa shape index (κ1) is 18.0. The lowest BCUT2D eigenvalue weighted by Crippen LogP contribution is -2.41. The van der Waals surface area contributed by atoms with Gasteiger partial charge in [-0.3, -0.25) is 0 Å². The van der Waals surface area contributed by atoms with Gasteiger partial charge in [0.15, 0.2) is 0 Å². The molecule has 0 amide bonds. The van der Waals surface area contributed by atoms with Crippen LogP contribution in [-0.2, 0) is 0 Å². The number of nitrogens with two attached hydrogens (primary N) is 1. The van der Waals surface area contributed by atoms with Crippen molar-refractivity contribution in [3.05, 3.63) is 0 Å². The average molecular weight is 255 g/mol. The highest BCUT2D eigenvalue weighted by atomic mass is 14.7. The smallest absolute Gasteiger partial charge is 0.0102 e. The van der Waals surface area contributed by atoms with E-state index in [1.165, 1.54) is 12.8 Å². The minimum absolute atomic E-state index is 0.0717. The van der Waals surface area contributed by atoms with Crippen LogP contribution < -0.4 is 5.73 Å². The molecule has 1 heteroatoms. The van der Waals surface area contributed by atoms with Crippen molar-refractivity contribution >= 4 is 0 Å². The number of hydrogen-bond acceptors (Lipinski definition) is 1. The van der Waals surface area contributed by atoms with E-state index in [1.54, 1.807) is 0 Å². The van der Waals surface area contributed by atoms with Crippen LogP contribution in [0.2, 0.25) is 0 Å². The molecule has 0 fully saturated rings. The lowest BCUT2D eigenvalue weighted by molar-refractivity contribution is 0.0961. The molecule has 18 heavy (non-hydrogen) atoms. The van der Waals surface area contributed by atoms with Crippen molar-refractivity contribution in [2.45, 2.75) is 87.1 Å². The quantitative estimate of drug-likeness (QED) is 0.661. The molecule has 0 bridgehead atoms. The standard InChI is InChI=1S/C17H37N/c1-10-15(4,5)11-13(2)14(3)16(6,7)12-17(8,9)18/h13-14H,10-12,18H2,1-9H3. The fourth-order valence-corrected chi connectivity index (χ4v) is 3.30. The first-order valence-corrected chi connectivity index (χ1v) is 7.59. The van der Waals surface area contributed by atoms with Crippen molar-refractivity contribution in [2.24, 2.45) is 28.4 Å². The average Bonchev–Trinajstić information content (AvgIpc) is 2.12. The van der Waals surface area contributed by atoms with Crippen LogP contribution in [-0.4, -0.2) is 5.54 Å². The maximum atomic E-state index is 6.21. The third-order valence-electron chi connectivity index (χ3n) is 4.83. The maximum absolute atomic E-state index is 6.21. The molecule has 1 nitrogen and oxygen atoms in total. The van der Waals surface area contributed by atoms with Crippen LogP contribution >= 0.6 is 0 Å². The molecular formula is C17H37N. The van der Waals surface area contributed by atoms with Crippen LogP contribution in [0.5, 0.6) is 0 Å². The molecule has 0 aromatic carbocycles. The summed E-state index contributed by atoms with van der Waals surface area (Å²) in [6.45, 7) is 20.9. The van der Waals surface area contributed by atoms with Crippen LogP contribution in [0.3, 0.4) is 0 Å². The van der Waals surface area contributed by atoms with Gasteiger partial charge in [-0.15, -0.1) is 0 Å². The van der Waals surface area contributed by atoms with Gasteiger partial charge in [-0.1, -0.05) is 54.9 Å². The van der Waals surface area contributed by atoms with Crippen LogP contribution in [0, 0.1) is 22.7 Å². The lowest BCUT2D eigenvalue weighted by atomic mass is 9.65. The highest BCUT2D eigenvalue weighted by Gasteiger charge is 2.35. The Balaban J connectivity index is 4.67. The van der Waals surface area contributed by atoms with Crippen molar-refractivity contribution < 1.29 is 0 Å². The molecule has 0 aliphatic heterocycles. The Labute approximate surface area is 116 Å². The zero-order valence-corrected chi connectivity index (χ0v) is 14.4. The second-order valence-electron chi connectivity index (χ2n) is 8.64. The van der Waals surface area contributed by atoms with Crippen molar-refractivity contribution in [1.82, 2.24) is 0 Å². The molecule has 0 aromatic heterocycles. The predicted molar refractivity (Wildman–Crippen MR) is 83.7 cm³/mol. The van der Waals surface area contributed by atoms with E-state index in [-0.39, 0.29) is 5.54 Å². The van der Waals surface area contributed by atoms with E-state index in [0.29, 0.717) is 16.7 Å². The molecule has 110 valence electrons. The molecule has 0 aliphatic carbocycles. The van der Waals surface area contributed by atoms with Gasteiger partial charge < -0.3 is 5.73 Å². The number of hydrogen-bond donors (Lipinski definition) is 1. The van der Waals surface area contributed by atoms with E-state index in [0.717, 1.165) is 12.3 Å². The van der Waals surface area contributed by atoms with E-state index in [2.05, 4.69) is 62.3 Å². The lowest BCUT2D eigenvalue weighted by Gasteiger charge is -2.42. The molecule has 0 aromatic rings. The molecular weight excluding hydrogens is 218 g/mol. The summed E-state index contributed by atoms with van der Waals surface area (Å²) in [5, 5.41) is 0. The van der Waals surface area contributed by atoms with Gasteiger partial charge in [-0.05, 0) is 49.4 Å². The fourth-order valence-electron chi connectivity index (χ4n) is 3.30. The molecule has 0 heterocycles. The molecule has 0 spiro atoms. The van der Waals surface area contributed by atoms with Gasteiger partial charge in [0.2, 0.25) is 0 Å². The Bertz CT molecular complexity index is 245. The van der Waals surface area contributed by atoms with Crippen molar-refractivity contribution in [3.63, 3.8) is 0 Å². The molecule has 0 aliphatic rings. The monoisotopic (exact) mass is 255 g/mol. The molecule has 0 rings (SSSR count). The van der Waals surface area contributed by atoms with Crippen LogP contribution in [0.4, 0.5) is 0 Å². The third-order valence-corrected chi connectivity index (χ3v) is 4.83. The highest BCUT2D eigenvalue weighted by molar-refractivity contribution is 4.88. The van der Waals surface area contributed by atoms with Gasteiger partial charge in [-0.2, -0.15) is 0 Å². The summed E-state index contributed by atoms with van der Waals surface area (Å²) in [5.41, 5.74) is 6.91. The van der Waals surface area contributed by atoms with E-state index in [1.807, 2.05) is 0 Å². The normalized spacial score (nSPS) is 17.7. The van der Waals surface area contributed by atoms with Gasteiger partial charge in [-0.25, -0.2) is 0 Å².